The van der Waals surface area contributed by atoms with E-state index in [0.717, 1.165) is 16.9 Å². The van der Waals surface area contributed by atoms with E-state index in [1.807, 2.05) is 60.7 Å². The Morgan fingerprint density at radius 2 is 1.86 bits per heavy atom. The fourth-order valence-corrected chi connectivity index (χ4v) is 1.84. The van der Waals surface area contributed by atoms with E-state index in [-0.39, 0.29) is 12.3 Å². The lowest BCUT2D eigenvalue weighted by Gasteiger charge is -2.02. The first-order valence-corrected chi connectivity index (χ1v) is 6.94. The minimum atomic E-state index is -0.158. The molecule has 0 aliphatic heterocycles. The number of carbonyl (C=O) groups excluding carboxylic acids is 1. The Balaban J connectivity index is 1.77. The molecule has 112 valence electrons. The zero-order valence-corrected chi connectivity index (χ0v) is 12.4. The molecule has 0 spiro atoms. The van der Waals surface area contributed by atoms with E-state index in [4.69, 9.17) is 4.74 Å². The van der Waals surface area contributed by atoms with Crippen LogP contribution in [0, 0.1) is 0 Å². The van der Waals surface area contributed by atoms with Gasteiger partial charge in [-0.15, -0.1) is 0 Å². The number of nitrogens with one attached hydrogen (secondary N) is 1. The Kier molecular flexibility index (Phi) is 5.93. The van der Waals surface area contributed by atoms with E-state index < -0.39 is 0 Å². The summed E-state index contributed by atoms with van der Waals surface area (Å²) in [5, 5.41) is 3.88. The molecule has 0 saturated heterocycles. The highest BCUT2D eigenvalue weighted by molar-refractivity contribution is 5.82. The maximum absolute atomic E-state index is 11.7. The molecule has 22 heavy (non-hydrogen) atoms. The molecule has 0 heterocycles. The summed E-state index contributed by atoms with van der Waals surface area (Å²) in [5.41, 5.74) is 4.49. The lowest BCUT2D eigenvalue weighted by atomic mass is 10.1. The number of hydrogen-bond acceptors (Lipinski definition) is 3. The van der Waals surface area contributed by atoms with E-state index >= 15 is 0 Å². The summed E-state index contributed by atoms with van der Waals surface area (Å²) in [6.07, 6.45) is 5.53. The third kappa shape index (κ3) is 5.25. The average Bonchev–Trinajstić information content (AvgIpc) is 2.56. The predicted molar refractivity (Wildman–Crippen MR) is 88.8 cm³/mol. The molecular formula is C18H18N2O2. The van der Waals surface area contributed by atoms with Crippen molar-refractivity contribution in [2.24, 2.45) is 5.10 Å². The first kappa shape index (κ1) is 15.5. The van der Waals surface area contributed by atoms with E-state index in [0.29, 0.717) is 0 Å². The minimum absolute atomic E-state index is 0.158. The molecule has 1 N–H and O–H groups in total. The summed E-state index contributed by atoms with van der Waals surface area (Å²) in [6.45, 7) is 0. The molecule has 0 aliphatic carbocycles. The van der Waals surface area contributed by atoms with Crippen LogP contribution in [0.5, 0.6) is 5.75 Å². The van der Waals surface area contributed by atoms with Crippen LogP contribution in [0.15, 0.2) is 65.8 Å². The van der Waals surface area contributed by atoms with Crippen LogP contribution in [-0.2, 0) is 11.2 Å². The predicted octanol–water partition coefficient (Wildman–Crippen LogP) is 3.05. The molecule has 0 unspecified atom stereocenters. The van der Waals surface area contributed by atoms with Crippen molar-refractivity contribution in [1.82, 2.24) is 5.43 Å². The maximum atomic E-state index is 11.7. The van der Waals surface area contributed by atoms with Gasteiger partial charge in [0.05, 0.1) is 13.5 Å². The van der Waals surface area contributed by atoms with Gasteiger partial charge in [0.15, 0.2) is 0 Å². The van der Waals surface area contributed by atoms with E-state index in [1.165, 1.54) is 0 Å². The second-order valence-electron chi connectivity index (χ2n) is 4.61. The topological polar surface area (TPSA) is 50.7 Å². The van der Waals surface area contributed by atoms with Gasteiger partial charge in [-0.05, 0) is 29.3 Å². The second kappa shape index (κ2) is 8.42. The van der Waals surface area contributed by atoms with Crippen LogP contribution >= 0.6 is 0 Å². The minimum Gasteiger partial charge on any atom is -0.497 e. The molecule has 0 atom stereocenters. The summed E-state index contributed by atoms with van der Waals surface area (Å²) in [4.78, 5) is 11.7. The average molecular weight is 294 g/mol. The third-order valence-electron chi connectivity index (χ3n) is 2.96. The Hall–Kier alpha value is -2.88. The molecular weight excluding hydrogens is 276 g/mol. The van der Waals surface area contributed by atoms with Gasteiger partial charge < -0.3 is 4.74 Å². The summed E-state index contributed by atoms with van der Waals surface area (Å²) < 4.78 is 5.07. The molecule has 2 rings (SSSR count). The number of hydrazone groups is 1. The summed E-state index contributed by atoms with van der Waals surface area (Å²) in [5.74, 6) is 0.614. The van der Waals surface area contributed by atoms with Crippen molar-refractivity contribution in [2.45, 2.75) is 6.42 Å². The van der Waals surface area contributed by atoms with Crippen LogP contribution in [0.25, 0.3) is 6.08 Å². The number of amides is 1. The molecule has 0 aromatic heterocycles. The van der Waals surface area contributed by atoms with Crippen LogP contribution in [0.4, 0.5) is 0 Å². The van der Waals surface area contributed by atoms with Crippen molar-refractivity contribution in [3.8, 4) is 5.75 Å². The number of hydrogen-bond donors (Lipinski definition) is 1. The van der Waals surface area contributed by atoms with Gasteiger partial charge in [0, 0.05) is 6.21 Å². The fraction of sp³-hybridized carbons (Fsp3) is 0.111. The Morgan fingerprint density at radius 1 is 1.14 bits per heavy atom. The molecule has 2 aromatic rings. The van der Waals surface area contributed by atoms with Crippen LogP contribution < -0.4 is 10.2 Å². The van der Waals surface area contributed by atoms with Crippen LogP contribution in [0.1, 0.15) is 11.1 Å². The lowest BCUT2D eigenvalue weighted by molar-refractivity contribution is -0.120. The molecule has 4 heteroatoms. The molecule has 2 aromatic carbocycles. The molecule has 0 aliphatic rings. The van der Waals surface area contributed by atoms with Gasteiger partial charge in [-0.2, -0.15) is 5.10 Å². The second-order valence-corrected chi connectivity index (χ2v) is 4.61. The SMILES string of the molecule is COc1ccc(CC(=O)N/N=C\C=Cc2ccccc2)cc1. The molecule has 0 bridgehead atoms. The number of nitrogens with zero attached hydrogens (tertiary/aromatic N) is 1. The number of methoxy groups -OCH3 is 1. The molecule has 0 radical (unpaired) electrons. The Labute approximate surface area is 130 Å². The molecule has 0 saturated carbocycles. The number of ether oxygens (including phenoxy) is 1. The first-order valence-electron chi connectivity index (χ1n) is 6.94. The summed E-state index contributed by atoms with van der Waals surface area (Å²) >= 11 is 0. The normalized spacial score (nSPS) is 11.0. The largest absolute Gasteiger partial charge is 0.497 e. The quantitative estimate of drug-likeness (QED) is 0.657. The highest BCUT2D eigenvalue weighted by atomic mass is 16.5. The summed E-state index contributed by atoms with van der Waals surface area (Å²) in [6, 6.07) is 17.3. The van der Waals surface area contributed by atoms with Gasteiger partial charge in [0.1, 0.15) is 5.75 Å². The number of benzene rings is 2. The van der Waals surface area contributed by atoms with Crippen molar-refractivity contribution >= 4 is 18.2 Å². The van der Waals surface area contributed by atoms with Crippen molar-refractivity contribution in [3.63, 3.8) is 0 Å². The summed E-state index contributed by atoms with van der Waals surface area (Å²) in [7, 11) is 1.61. The maximum Gasteiger partial charge on any atom is 0.244 e. The van der Waals surface area contributed by atoms with Gasteiger partial charge in [-0.3, -0.25) is 4.79 Å². The molecule has 1 amide bonds. The van der Waals surface area contributed by atoms with Crippen molar-refractivity contribution < 1.29 is 9.53 Å². The van der Waals surface area contributed by atoms with Crippen LogP contribution in [0.3, 0.4) is 0 Å². The number of carbonyl (C=O) groups is 1. The highest BCUT2D eigenvalue weighted by Gasteiger charge is 2.01. The van der Waals surface area contributed by atoms with Crippen molar-refractivity contribution in [3.05, 3.63) is 71.8 Å². The van der Waals surface area contributed by atoms with Crippen LogP contribution in [-0.4, -0.2) is 19.2 Å². The number of rotatable bonds is 6. The zero-order valence-electron chi connectivity index (χ0n) is 12.4. The standard InChI is InChI=1S/C18H18N2O2/c1-22-17-11-9-16(10-12-17)14-18(21)20-19-13-5-8-15-6-3-2-4-7-15/h2-13H,14H2,1H3,(H,20,21)/b8-5?,19-13-. The Bertz CT molecular complexity index is 647. The van der Waals surface area contributed by atoms with E-state index in [9.17, 15) is 4.79 Å². The zero-order chi connectivity index (χ0) is 15.6. The van der Waals surface area contributed by atoms with Gasteiger partial charge >= 0.3 is 0 Å². The van der Waals surface area contributed by atoms with Gasteiger partial charge in [0.2, 0.25) is 5.91 Å². The van der Waals surface area contributed by atoms with Gasteiger partial charge in [-0.1, -0.05) is 48.5 Å². The van der Waals surface area contributed by atoms with Gasteiger partial charge in [-0.25, -0.2) is 5.43 Å². The first-order chi connectivity index (χ1) is 10.8. The number of allylic oxidation sites excluding steroid dienone is 1. The van der Waals surface area contributed by atoms with Crippen LogP contribution in [0.2, 0.25) is 0 Å². The monoisotopic (exact) mass is 294 g/mol. The fourth-order valence-electron chi connectivity index (χ4n) is 1.84. The van der Waals surface area contributed by atoms with E-state index in [2.05, 4.69) is 10.5 Å². The third-order valence-corrected chi connectivity index (χ3v) is 2.96. The smallest absolute Gasteiger partial charge is 0.244 e. The Morgan fingerprint density at radius 3 is 2.55 bits per heavy atom. The highest BCUT2D eigenvalue weighted by Crippen LogP contribution is 2.11. The lowest BCUT2D eigenvalue weighted by Crippen LogP contribution is -2.19. The van der Waals surface area contributed by atoms with E-state index in [1.54, 1.807) is 19.4 Å². The molecule has 0 fully saturated rings. The van der Waals surface area contributed by atoms with Crippen molar-refractivity contribution in [2.75, 3.05) is 7.11 Å². The van der Waals surface area contributed by atoms with Crippen molar-refractivity contribution in [1.29, 1.82) is 0 Å². The van der Waals surface area contributed by atoms with Gasteiger partial charge in [0.25, 0.3) is 0 Å². The molecule has 4 nitrogen and oxygen atoms in total.